The van der Waals surface area contributed by atoms with Gasteiger partial charge in [-0.2, -0.15) is 0 Å². The van der Waals surface area contributed by atoms with Crippen molar-refractivity contribution in [2.24, 2.45) is 0 Å². The Hall–Kier alpha value is -7.76. The van der Waals surface area contributed by atoms with Gasteiger partial charge >= 0.3 is 0 Å². The molecule has 0 saturated carbocycles. The van der Waals surface area contributed by atoms with Crippen LogP contribution in [-0.4, -0.2) is 19.9 Å². The van der Waals surface area contributed by atoms with Crippen LogP contribution in [0, 0.1) is 0 Å². The fourth-order valence-electron chi connectivity index (χ4n) is 7.94. The van der Waals surface area contributed by atoms with Crippen molar-refractivity contribution >= 4 is 43.6 Å². The van der Waals surface area contributed by atoms with Gasteiger partial charge in [-0.25, -0.2) is 19.9 Å². The minimum atomic E-state index is 0.608. The number of nitrogens with zero attached hydrogens (tertiary/aromatic N) is 4. The van der Waals surface area contributed by atoms with E-state index in [0.717, 1.165) is 77.3 Å². The molecule has 0 aliphatic carbocycles. The van der Waals surface area contributed by atoms with E-state index in [2.05, 4.69) is 121 Å². The number of furan rings is 1. The lowest BCUT2D eigenvalue weighted by Gasteiger charge is -2.14. The van der Waals surface area contributed by atoms with E-state index in [9.17, 15) is 0 Å². The lowest BCUT2D eigenvalue weighted by molar-refractivity contribution is 0.669. The van der Waals surface area contributed by atoms with Crippen LogP contribution in [0.2, 0.25) is 0 Å². The highest BCUT2D eigenvalue weighted by Crippen LogP contribution is 2.40. The predicted octanol–water partition coefficient (Wildman–Crippen LogP) is 13.5. The first kappa shape index (κ1) is 32.7. The fraction of sp³-hybridized carbons (Fsp3) is 0. The number of pyridine rings is 1. The number of benzene rings is 8. The van der Waals surface area contributed by atoms with Gasteiger partial charge in [0.15, 0.2) is 17.5 Å². The number of aromatic nitrogens is 4. The lowest BCUT2D eigenvalue weighted by Crippen LogP contribution is -2.00. The van der Waals surface area contributed by atoms with E-state index in [-0.39, 0.29) is 0 Å². The molecule has 0 amide bonds. The molecule has 11 rings (SSSR count). The van der Waals surface area contributed by atoms with Crippen molar-refractivity contribution in [3.05, 3.63) is 194 Å². The Labute approximate surface area is 328 Å². The third kappa shape index (κ3) is 5.81. The second-order valence-electron chi connectivity index (χ2n) is 14.2. The predicted molar refractivity (Wildman–Crippen MR) is 233 cm³/mol. The van der Waals surface area contributed by atoms with E-state index in [1.54, 1.807) is 0 Å². The topological polar surface area (TPSA) is 64.7 Å². The number of rotatable bonds is 6. The van der Waals surface area contributed by atoms with Gasteiger partial charge in [0.05, 0.1) is 11.2 Å². The molecule has 3 aromatic heterocycles. The zero-order valence-electron chi connectivity index (χ0n) is 30.7. The molecule has 0 unspecified atom stereocenters. The van der Waals surface area contributed by atoms with Gasteiger partial charge in [0.25, 0.3) is 0 Å². The SMILES string of the molecule is c1ccc(-c2nc(-c3ccccc3)nc(-c3ccc4oc5ccc(-c6ccc(-c7nc8ccccc8c8c(-c9ccccc9)cccc78)cc6)cc5c4c3)n2)cc1. The molecule has 0 radical (unpaired) electrons. The standard InChI is InChI=1S/C52H32N4O/c1-4-13-34(14-5-1)40-20-12-21-42-48(40)41-19-10-11-22-45(41)53-49(42)35-25-23-33(24-26-35)38-27-29-46-43(31-38)44-32-39(28-30-47(44)57-46)52-55-50(36-15-6-2-7-16-36)54-51(56-52)37-17-8-3-9-18-37/h1-32H. The Balaban J connectivity index is 0.993. The molecule has 57 heavy (non-hydrogen) atoms. The summed E-state index contributed by atoms with van der Waals surface area (Å²) in [5.74, 6) is 1.87. The van der Waals surface area contributed by atoms with Crippen LogP contribution >= 0.6 is 0 Å². The maximum absolute atomic E-state index is 6.35. The monoisotopic (exact) mass is 728 g/mol. The molecule has 0 aliphatic heterocycles. The Bertz CT molecular complexity index is 3210. The van der Waals surface area contributed by atoms with Crippen molar-refractivity contribution in [1.29, 1.82) is 0 Å². The van der Waals surface area contributed by atoms with Crippen LogP contribution < -0.4 is 0 Å². The third-order valence-corrected chi connectivity index (χ3v) is 10.7. The zero-order valence-corrected chi connectivity index (χ0v) is 30.7. The molecule has 0 aliphatic rings. The second kappa shape index (κ2) is 13.5. The summed E-state index contributed by atoms with van der Waals surface area (Å²) in [6.07, 6.45) is 0. The molecule has 0 atom stereocenters. The van der Waals surface area contributed by atoms with Gasteiger partial charge < -0.3 is 4.42 Å². The Morgan fingerprint density at radius 2 is 0.789 bits per heavy atom. The van der Waals surface area contributed by atoms with Crippen molar-refractivity contribution in [1.82, 2.24) is 19.9 Å². The van der Waals surface area contributed by atoms with Crippen LogP contribution in [0.25, 0.3) is 111 Å². The van der Waals surface area contributed by atoms with Crippen LogP contribution in [0.5, 0.6) is 0 Å². The van der Waals surface area contributed by atoms with E-state index in [4.69, 9.17) is 24.4 Å². The first-order valence-electron chi connectivity index (χ1n) is 19.0. The Morgan fingerprint density at radius 3 is 1.44 bits per heavy atom. The molecule has 0 bridgehead atoms. The van der Waals surface area contributed by atoms with Crippen molar-refractivity contribution < 1.29 is 4.42 Å². The summed E-state index contributed by atoms with van der Waals surface area (Å²) in [7, 11) is 0. The normalized spacial score (nSPS) is 11.5. The summed E-state index contributed by atoms with van der Waals surface area (Å²) < 4.78 is 6.35. The zero-order chi connectivity index (χ0) is 37.7. The Kier molecular flexibility index (Phi) is 7.74. The van der Waals surface area contributed by atoms with E-state index < -0.39 is 0 Å². The highest BCUT2D eigenvalue weighted by Gasteiger charge is 2.17. The van der Waals surface area contributed by atoms with Crippen LogP contribution in [0.1, 0.15) is 0 Å². The smallest absolute Gasteiger partial charge is 0.164 e. The maximum atomic E-state index is 6.35. The molecule has 11 aromatic rings. The highest BCUT2D eigenvalue weighted by molar-refractivity contribution is 6.17. The van der Waals surface area contributed by atoms with Gasteiger partial charge in [-0.3, -0.25) is 0 Å². The average Bonchev–Trinajstić information content (AvgIpc) is 3.66. The van der Waals surface area contributed by atoms with E-state index in [0.29, 0.717) is 17.5 Å². The molecule has 0 spiro atoms. The largest absolute Gasteiger partial charge is 0.456 e. The molecule has 5 nitrogen and oxygen atoms in total. The van der Waals surface area contributed by atoms with Crippen molar-refractivity contribution in [2.75, 3.05) is 0 Å². The van der Waals surface area contributed by atoms with Crippen LogP contribution in [0.3, 0.4) is 0 Å². The van der Waals surface area contributed by atoms with Crippen LogP contribution in [0.4, 0.5) is 0 Å². The number of fused-ring (bicyclic) bond motifs is 6. The highest BCUT2D eigenvalue weighted by atomic mass is 16.3. The molecule has 8 aromatic carbocycles. The average molecular weight is 729 g/mol. The summed E-state index contributed by atoms with van der Waals surface area (Å²) in [5, 5.41) is 5.54. The van der Waals surface area contributed by atoms with Gasteiger partial charge in [-0.1, -0.05) is 158 Å². The van der Waals surface area contributed by atoms with Crippen molar-refractivity contribution in [2.45, 2.75) is 0 Å². The Morgan fingerprint density at radius 1 is 0.298 bits per heavy atom. The third-order valence-electron chi connectivity index (χ3n) is 10.7. The first-order valence-corrected chi connectivity index (χ1v) is 19.0. The van der Waals surface area contributed by atoms with E-state index in [1.165, 1.54) is 16.5 Å². The van der Waals surface area contributed by atoms with Gasteiger partial charge in [-0.15, -0.1) is 0 Å². The van der Waals surface area contributed by atoms with Crippen LogP contribution in [-0.2, 0) is 0 Å². The number of hydrogen-bond acceptors (Lipinski definition) is 5. The number of para-hydroxylation sites is 1. The van der Waals surface area contributed by atoms with Gasteiger partial charge in [0.1, 0.15) is 11.2 Å². The van der Waals surface area contributed by atoms with E-state index in [1.807, 2.05) is 72.8 Å². The van der Waals surface area contributed by atoms with Gasteiger partial charge in [0.2, 0.25) is 0 Å². The lowest BCUT2D eigenvalue weighted by atomic mass is 9.92. The summed E-state index contributed by atoms with van der Waals surface area (Å²) in [4.78, 5) is 20.0. The quantitative estimate of drug-likeness (QED) is 0.160. The second-order valence-corrected chi connectivity index (χ2v) is 14.2. The minimum absolute atomic E-state index is 0.608. The molecule has 0 N–H and O–H groups in total. The molecule has 0 fully saturated rings. The molecule has 3 heterocycles. The minimum Gasteiger partial charge on any atom is -0.456 e. The van der Waals surface area contributed by atoms with Crippen molar-refractivity contribution in [3.63, 3.8) is 0 Å². The summed E-state index contributed by atoms with van der Waals surface area (Å²) >= 11 is 0. The maximum Gasteiger partial charge on any atom is 0.164 e. The number of hydrogen-bond donors (Lipinski definition) is 0. The van der Waals surface area contributed by atoms with Gasteiger partial charge in [0, 0.05) is 49.2 Å². The fourth-order valence-corrected chi connectivity index (χ4v) is 7.94. The van der Waals surface area contributed by atoms with Crippen LogP contribution in [0.15, 0.2) is 199 Å². The first-order chi connectivity index (χ1) is 28.2. The van der Waals surface area contributed by atoms with Crippen molar-refractivity contribution in [3.8, 4) is 67.7 Å². The molecule has 0 saturated heterocycles. The summed E-state index contributed by atoms with van der Waals surface area (Å²) in [6.45, 7) is 0. The van der Waals surface area contributed by atoms with Gasteiger partial charge in [-0.05, 0) is 58.7 Å². The summed E-state index contributed by atoms with van der Waals surface area (Å²) in [6, 6.07) is 67.0. The summed E-state index contributed by atoms with van der Waals surface area (Å²) in [5.41, 5.74) is 12.0. The molecular formula is C52H32N4O. The molecular weight excluding hydrogens is 697 g/mol. The molecule has 266 valence electrons. The molecule has 5 heteroatoms. The van der Waals surface area contributed by atoms with E-state index >= 15 is 0 Å².